The van der Waals surface area contributed by atoms with Crippen LogP contribution in [0.25, 0.3) is 0 Å². The molecule has 17 heavy (non-hydrogen) atoms. The Balaban J connectivity index is 2.71. The highest BCUT2D eigenvalue weighted by atomic mass is 79.9. The van der Waals surface area contributed by atoms with E-state index in [0.29, 0.717) is 6.54 Å². The van der Waals surface area contributed by atoms with E-state index in [2.05, 4.69) is 21.2 Å². The van der Waals surface area contributed by atoms with E-state index in [9.17, 15) is 9.59 Å². The number of carbonyl (C=O) groups is 2. The molecule has 0 heterocycles. The van der Waals surface area contributed by atoms with Crippen molar-refractivity contribution in [3.63, 3.8) is 0 Å². The van der Waals surface area contributed by atoms with Crippen molar-refractivity contribution in [3.8, 4) is 0 Å². The lowest BCUT2D eigenvalue weighted by Crippen LogP contribution is -2.39. The fraction of sp³-hybridized carbons (Fsp3) is 0.385. The minimum Gasteiger partial charge on any atom is -0.349 e. The molecule has 92 valence electrons. The molecule has 4 heteroatoms. The Labute approximate surface area is 110 Å². The summed E-state index contributed by atoms with van der Waals surface area (Å²) in [5.74, 6) is -0.994. The fourth-order valence-corrected chi connectivity index (χ4v) is 1.69. The van der Waals surface area contributed by atoms with Crippen LogP contribution in [0.5, 0.6) is 0 Å². The molecule has 1 N–H and O–H groups in total. The average Bonchev–Trinajstić information content (AvgIpc) is 2.26. The number of hydrogen-bond donors (Lipinski definition) is 1. The molecule has 0 aromatic heterocycles. The van der Waals surface area contributed by atoms with E-state index in [4.69, 9.17) is 0 Å². The second-order valence-electron chi connectivity index (χ2n) is 4.63. The molecular formula is C13H16BrNO2. The summed E-state index contributed by atoms with van der Waals surface area (Å²) in [7, 11) is 0. The van der Waals surface area contributed by atoms with Crippen LogP contribution >= 0.6 is 15.9 Å². The SMILES string of the molecule is CC(=O)C(=O)NCC(C)(C)c1ccc(Br)cc1. The third-order valence-corrected chi connectivity index (χ3v) is 3.17. The maximum atomic E-state index is 11.2. The monoisotopic (exact) mass is 297 g/mol. The van der Waals surface area contributed by atoms with Crippen LogP contribution in [0.4, 0.5) is 0 Å². The molecule has 0 unspecified atom stereocenters. The van der Waals surface area contributed by atoms with Gasteiger partial charge in [0.2, 0.25) is 5.78 Å². The van der Waals surface area contributed by atoms with Gasteiger partial charge in [0.1, 0.15) is 0 Å². The van der Waals surface area contributed by atoms with Crippen molar-refractivity contribution in [1.29, 1.82) is 0 Å². The third-order valence-electron chi connectivity index (χ3n) is 2.64. The van der Waals surface area contributed by atoms with Crippen LogP contribution in [0.3, 0.4) is 0 Å². The lowest BCUT2D eigenvalue weighted by molar-refractivity contribution is -0.136. The minimum absolute atomic E-state index is 0.203. The fourth-order valence-electron chi connectivity index (χ4n) is 1.43. The van der Waals surface area contributed by atoms with Gasteiger partial charge in [-0.05, 0) is 17.7 Å². The molecule has 1 aromatic carbocycles. The van der Waals surface area contributed by atoms with Gasteiger partial charge >= 0.3 is 0 Å². The summed E-state index contributed by atoms with van der Waals surface area (Å²) in [6.45, 7) is 5.75. The van der Waals surface area contributed by atoms with Crippen LogP contribution in [0.15, 0.2) is 28.7 Å². The van der Waals surface area contributed by atoms with E-state index in [1.54, 1.807) is 0 Å². The summed E-state index contributed by atoms with van der Waals surface area (Å²) in [6, 6.07) is 7.93. The predicted octanol–water partition coefficient (Wildman–Crippen LogP) is 2.43. The highest BCUT2D eigenvalue weighted by Gasteiger charge is 2.22. The number of nitrogens with one attached hydrogen (secondary N) is 1. The second-order valence-corrected chi connectivity index (χ2v) is 5.55. The number of ketones is 1. The quantitative estimate of drug-likeness (QED) is 0.868. The van der Waals surface area contributed by atoms with Gasteiger partial charge in [-0.1, -0.05) is 41.9 Å². The van der Waals surface area contributed by atoms with Gasteiger partial charge in [-0.2, -0.15) is 0 Å². The van der Waals surface area contributed by atoms with Gasteiger partial charge in [0.15, 0.2) is 0 Å². The Hall–Kier alpha value is -1.16. The maximum absolute atomic E-state index is 11.2. The number of carbonyl (C=O) groups excluding carboxylic acids is 2. The van der Waals surface area contributed by atoms with Gasteiger partial charge in [-0.15, -0.1) is 0 Å². The number of amides is 1. The smallest absolute Gasteiger partial charge is 0.287 e. The average molecular weight is 298 g/mol. The molecule has 0 aliphatic carbocycles. The first-order chi connectivity index (χ1) is 7.83. The highest BCUT2D eigenvalue weighted by Crippen LogP contribution is 2.23. The van der Waals surface area contributed by atoms with Crippen LogP contribution < -0.4 is 5.32 Å². The van der Waals surface area contributed by atoms with Crippen molar-refractivity contribution in [1.82, 2.24) is 5.32 Å². The molecule has 0 saturated carbocycles. The van der Waals surface area contributed by atoms with E-state index in [1.807, 2.05) is 38.1 Å². The molecule has 0 spiro atoms. The predicted molar refractivity (Wildman–Crippen MR) is 70.9 cm³/mol. The first-order valence-corrected chi connectivity index (χ1v) is 6.17. The standard InChI is InChI=1S/C13H16BrNO2/c1-9(16)12(17)15-8-13(2,3)10-4-6-11(14)7-5-10/h4-7H,8H2,1-3H3,(H,15,17). The van der Waals surface area contributed by atoms with Crippen molar-refractivity contribution in [2.45, 2.75) is 26.2 Å². The zero-order valence-corrected chi connectivity index (χ0v) is 11.8. The van der Waals surface area contributed by atoms with Gasteiger partial charge < -0.3 is 5.32 Å². The van der Waals surface area contributed by atoms with Crippen LogP contribution in [0, 0.1) is 0 Å². The zero-order valence-electron chi connectivity index (χ0n) is 10.2. The summed E-state index contributed by atoms with van der Waals surface area (Å²) in [5, 5.41) is 2.64. The normalized spacial score (nSPS) is 11.1. The topological polar surface area (TPSA) is 46.2 Å². The lowest BCUT2D eigenvalue weighted by Gasteiger charge is -2.25. The van der Waals surface area contributed by atoms with E-state index in [-0.39, 0.29) is 5.41 Å². The first kappa shape index (κ1) is 13.9. The van der Waals surface area contributed by atoms with Crippen molar-refractivity contribution >= 4 is 27.6 Å². The van der Waals surface area contributed by atoms with Crippen LogP contribution in [0.2, 0.25) is 0 Å². The molecule has 0 atom stereocenters. The summed E-state index contributed by atoms with van der Waals surface area (Å²) < 4.78 is 1.02. The van der Waals surface area contributed by atoms with E-state index < -0.39 is 11.7 Å². The number of halogens is 1. The van der Waals surface area contributed by atoms with Crippen molar-refractivity contribution in [2.24, 2.45) is 0 Å². The zero-order chi connectivity index (χ0) is 13.1. The Morgan fingerprint density at radius 2 is 1.76 bits per heavy atom. The second kappa shape index (κ2) is 5.45. The van der Waals surface area contributed by atoms with Crippen molar-refractivity contribution in [2.75, 3.05) is 6.54 Å². The molecule has 0 aliphatic rings. The molecule has 0 fully saturated rings. The highest BCUT2D eigenvalue weighted by molar-refractivity contribution is 9.10. The van der Waals surface area contributed by atoms with Crippen LogP contribution in [-0.4, -0.2) is 18.2 Å². The number of Topliss-reactive ketones (excluding diaryl/α,β-unsaturated/α-hetero) is 1. The molecule has 0 aliphatic heterocycles. The van der Waals surface area contributed by atoms with Crippen LogP contribution in [0.1, 0.15) is 26.3 Å². The molecule has 0 bridgehead atoms. The summed E-state index contributed by atoms with van der Waals surface area (Å²) in [6.07, 6.45) is 0. The Kier molecular flexibility index (Phi) is 4.46. The molecule has 0 radical (unpaired) electrons. The molecule has 1 amide bonds. The minimum atomic E-state index is -0.532. The third kappa shape index (κ3) is 3.97. The van der Waals surface area contributed by atoms with Crippen LogP contribution in [-0.2, 0) is 15.0 Å². The lowest BCUT2D eigenvalue weighted by atomic mass is 9.84. The Bertz CT molecular complexity index is 424. The largest absolute Gasteiger partial charge is 0.349 e. The van der Waals surface area contributed by atoms with Gasteiger partial charge in [0.25, 0.3) is 5.91 Å². The summed E-state index contributed by atoms with van der Waals surface area (Å²) in [5.41, 5.74) is 0.913. The van der Waals surface area contributed by atoms with Gasteiger partial charge in [0, 0.05) is 23.4 Å². The number of hydrogen-bond acceptors (Lipinski definition) is 2. The van der Waals surface area contributed by atoms with Gasteiger partial charge in [0.05, 0.1) is 0 Å². The maximum Gasteiger partial charge on any atom is 0.287 e. The van der Waals surface area contributed by atoms with Gasteiger partial charge in [-0.3, -0.25) is 9.59 Å². The molecule has 3 nitrogen and oxygen atoms in total. The first-order valence-electron chi connectivity index (χ1n) is 5.38. The summed E-state index contributed by atoms with van der Waals surface area (Å²) >= 11 is 3.38. The van der Waals surface area contributed by atoms with Gasteiger partial charge in [-0.25, -0.2) is 0 Å². The Morgan fingerprint density at radius 1 is 1.24 bits per heavy atom. The number of benzene rings is 1. The van der Waals surface area contributed by atoms with Crippen molar-refractivity contribution < 1.29 is 9.59 Å². The molecule has 1 aromatic rings. The number of rotatable bonds is 4. The van der Waals surface area contributed by atoms with E-state index in [1.165, 1.54) is 6.92 Å². The molecule has 1 rings (SSSR count). The molecular weight excluding hydrogens is 282 g/mol. The van der Waals surface area contributed by atoms with E-state index in [0.717, 1.165) is 10.0 Å². The summed E-state index contributed by atoms with van der Waals surface area (Å²) in [4.78, 5) is 22.0. The van der Waals surface area contributed by atoms with E-state index >= 15 is 0 Å². The Morgan fingerprint density at radius 3 is 2.24 bits per heavy atom. The van der Waals surface area contributed by atoms with Crippen molar-refractivity contribution in [3.05, 3.63) is 34.3 Å². The molecule has 0 saturated heterocycles.